The molecule has 0 bridgehead atoms. The van der Waals surface area contributed by atoms with Crippen molar-refractivity contribution < 1.29 is 14.2 Å². The Morgan fingerprint density at radius 1 is 1.29 bits per heavy atom. The Kier molecular flexibility index (Phi) is 4.48. The zero-order valence-corrected chi connectivity index (χ0v) is 13.8. The predicted molar refractivity (Wildman–Crippen MR) is 87.7 cm³/mol. The normalized spacial score (nSPS) is 15.7. The third-order valence-corrected chi connectivity index (χ3v) is 4.56. The van der Waals surface area contributed by atoms with Crippen molar-refractivity contribution in [3.05, 3.63) is 51.6 Å². The van der Waals surface area contributed by atoms with E-state index in [0.717, 1.165) is 26.2 Å². The maximum Gasteiger partial charge on any atom is 0.312 e. The highest BCUT2D eigenvalue weighted by Gasteiger charge is 2.26. The first-order valence-electron chi connectivity index (χ1n) is 7.99. The van der Waals surface area contributed by atoms with Crippen molar-refractivity contribution in [2.75, 3.05) is 31.1 Å². The van der Waals surface area contributed by atoms with Crippen molar-refractivity contribution in [2.45, 2.75) is 20.5 Å². The van der Waals surface area contributed by atoms with Gasteiger partial charge in [-0.3, -0.25) is 10.1 Å². The minimum absolute atomic E-state index is 0.0967. The summed E-state index contributed by atoms with van der Waals surface area (Å²) in [5, 5.41) is 15.4. The fourth-order valence-electron chi connectivity index (χ4n) is 3.25. The molecule has 0 unspecified atom stereocenters. The van der Waals surface area contributed by atoms with E-state index in [4.69, 9.17) is 0 Å². The lowest BCUT2D eigenvalue weighted by Gasteiger charge is -2.33. The van der Waals surface area contributed by atoms with Gasteiger partial charge in [-0.25, -0.2) is 9.07 Å². The number of rotatable bonds is 4. The van der Waals surface area contributed by atoms with E-state index < -0.39 is 0 Å². The smallest absolute Gasteiger partial charge is 0.312 e. The Balaban J connectivity index is 1.65. The third-order valence-electron chi connectivity index (χ3n) is 4.56. The molecule has 1 aromatic carbocycles. The molecule has 0 radical (unpaired) electrons. The number of para-hydroxylation sites is 1. The molecular formula is C16H21FN5O2+. The van der Waals surface area contributed by atoms with Crippen molar-refractivity contribution in [1.29, 1.82) is 0 Å². The van der Waals surface area contributed by atoms with Crippen molar-refractivity contribution in [1.82, 2.24) is 9.78 Å². The molecule has 0 atom stereocenters. The van der Waals surface area contributed by atoms with Gasteiger partial charge in [0.2, 0.25) is 0 Å². The minimum Gasteiger partial charge on any atom is -0.358 e. The van der Waals surface area contributed by atoms with E-state index >= 15 is 0 Å². The average Bonchev–Trinajstić information content (AvgIpc) is 2.83. The van der Waals surface area contributed by atoms with E-state index in [1.54, 1.807) is 30.7 Å². The maximum absolute atomic E-state index is 13.9. The van der Waals surface area contributed by atoms with E-state index in [-0.39, 0.29) is 16.4 Å². The lowest BCUT2D eigenvalue weighted by molar-refractivity contribution is -0.924. The van der Waals surface area contributed by atoms with Crippen molar-refractivity contribution in [2.24, 2.45) is 0 Å². The van der Waals surface area contributed by atoms with E-state index in [1.165, 1.54) is 11.0 Å². The molecule has 8 heteroatoms. The molecule has 3 rings (SSSR count). The quantitative estimate of drug-likeness (QED) is 0.667. The van der Waals surface area contributed by atoms with E-state index in [2.05, 4.69) is 5.10 Å². The fraction of sp³-hybridized carbons (Fsp3) is 0.438. The number of halogens is 1. The Morgan fingerprint density at radius 2 is 1.96 bits per heavy atom. The van der Waals surface area contributed by atoms with Gasteiger partial charge in [0, 0.05) is 0 Å². The Morgan fingerprint density at radius 3 is 2.54 bits per heavy atom. The lowest BCUT2D eigenvalue weighted by Crippen LogP contribution is -3.14. The predicted octanol–water partition coefficient (Wildman–Crippen LogP) is 0.910. The number of nitrogens with zero attached hydrogens (tertiary/aromatic N) is 4. The summed E-state index contributed by atoms with van der Waals surface area (Å²) in [7, 11) is 0. The number of nitrogens with one attached hydrogen (secondary N) is 1. The van der Waals surface area contributed by atoms with Crippen LogP contribution in [0.2, 0.25) is 0 Å². The molecule has 2 aromatic rings. The van der Waals surface area contributed by atoms with Crippen LogP contribution in [0.5, 0.6) is 0 Å². The number of aromatic nitrogens is 2. The molecule has 1 aliphatic heterocycles. The number of piperazine rings is 1. The zero-order valence-electron chi connectivity index (χ0n) is 13.8. The highest BCUT2D eigenvalue weighted by Crippen LogP contribution is 2.21. The van der Waals surface area contributed by atoms with Crippen LogP contribution in [0.1, 0.15) is 11.4 Å². The Hall–Kier alpha value is -2.48. The molecule has 7 nitrogen and oxygen atoms in total. The van der Waals surface area contributed by atoms with Crippen molar-refractivity contribution in [3.8, 4) is 0 Å². The molecule has 2 heterocycles. The zero-order chi connectivity index (χ0) is 17.3. The monoisotopic (exact) mass is 334 g/mol. The first-order valence-corrected chi connectivity index (χ1v) is 7.99. The largest absolute Gasteiger partial charge is 0.358 e. The van der Waals surface area contributed by atoms with Crippen LogP contribution in [-0.2, 0) is 6.67 Å². The molecule has 24 heavy (non-hydrogen) atoms. The average molecular weight is 334 g/mol. The first kappa shape index (κ1) is 16.4. The number of hydrogen-bond donors (Lipinski definition) is 1. The van der Waals surface area contributed by atoms with E-state index in [1.807, 2.05) is 11.0 Å². The highest BCUT2D eigenvalue weighted by atomic mass is 19.1. The van der Waals surface area contributed by atoms with Crippen LogP contribution in [0.3, 0.4) is 0 Å². The van der Waals surface area contributed by atoms with Crippen LogP contribution in [0.25, 0.3) is 0 Å². The maximum atomic E-state index is 13.9. The van der Waals surface area contributed by atoms with Gasteiger partial charge >= 0.3 is 5.69 Å². The summed E-state index contributed by atoms with van der Waals surface area (Å²) in [6.07, 6.45) is 0. The van der Waals surface area contributed by atoms with Gasteiger partial charge in [0.15, 0.2) is 6.67 Å². The standard InChI is InChI=1S/C16H20FN5O2/c1-12-16(22(23)24)13(2)21(18-12)11-19-7-9-20(10-8-19)15-6-4-3-5-14(15)17/h3-6H,7-11H2,1-2H3/p+1. The van der Waals surface area contributed by atoms with Gasteiger partial charge in [-0.2, -0.15) is 5.10 Å². The van der Waals surface area contributed by atoms with Crippen LogP contribution in [0.4, 0.5) is 15.8 Å². The van der Waals surface area contributed by atoms with Gasteiger partial charge < -0.3 is 9.80 Å². The lowest BCUT2D eigenvalue weighted by atomic mass is 10.2. The second-order valence-electron chi connectivity index (χ2n) is 6.12. The van der Waals surface area contributed by atoms with Crippen LogP contribution in [0.15, 0.2) is 24.3 Å². The summed E-state index contributed by atoms with van der Waals surface area (Å²) in [6, 6.07) is 6.80. The first-order chi connectivity index (χ1) is 11.5. The summed E-state index contributed by atoms with van der Waals surface area (Å²) in [6.45, 7) is 7.14. The summed E-state index contributed by atoms with van der Waals surface area (Å²) < 4.78 is 15.6. The molecule has 1 saturated heterocycles. The number of quaternary nitrogens is 1. The molecule has 1 aliphatic rings. The number of aryl methyl sites for hydroxylation is 1. The van der Waals surface area contributed by atoms with Gasteiger partial charge in [-0.1, -0.05) is 12.1 Å². The molecular weight excluding hydrogens is 313 g/mol. The Labute approximate surface area is 139 Å². The summed E-state index contributed by atoms with van der Waals surface area (Å²) in [5.74, 6) is -0.199. The van der Waals surface area contributed by atoms with Gasteiger partial charge in [0.1, 0.15) is 17.2 Å². The molecule has 0 amide bonds. The molecule has 0 spiro atoms. The molecule has 1 fully saturated rings. The molecule has 128 valence electrons. The van der Waals surface area contributed by atoms with Crippen LogP contribution in [-0.4, -0.2) is 40.9 Å². The topological polar surface area (TPSA) is 68.6 Å². The van der Waals surface area contributed by atoms with Crippen molar-refractivity contribution >= 4 is 11.4 Å². The second kappa shape index (κ2) is 6.56. The number of nitro groups is 1. The van der Waals surface area contributed by atoms with Gasteiger partial charge in [-0.15, -0.1) is 0 Å². The molecule has 1 aromatic heterocycles. The highest BCUT2D eigenvalue weighted by molar-refractivity contribution is 5.47. The van der Waals surface area contributed by atoms with E-state index in [9.17, 15) is 14.5 Å². The van der Waals surface area contributed by atoms with E-state index in [0.29, 0.717) is 23.7 Å². The van der Waals surface area contributed by atoms with Crippen LogP contribution in [0, 0.1) is 29.8 Å². The summed E-state index contributed by atoms with van der Waals surface area (Å²) in [4.78, 5) is 14.0. The number of benzene rings is 1. The third kappa shape index (κ3) is 3.09. The van der Waals surface area contributed by atoms with Gasteiger partial charge in [-0.05, 0) is 26.0 Å². The van der Waals surface area contributed by atoms with Crippen LogP contribution >= 0.6 is 0 Å². The molecule has 1 N–H and O–H groups in total. The summed E-state index contributed by atoms with van der Waals surface area (Å²) >= 11 is 0. The number of anilines is 1. The molecule has 0 saturated carbocycles. The number of hydrogen-bond acceptors (Lipinski definition) is 4. The van der Waals surface area contributed by atoms with Crippen molar-refractivity contribution in [3.63, 3.8) is 0 Å². The second-order valence-corrected chi connectivity index (χ2v) is 6.12. The fourth-order valence-corrected chi connectivity index (χ4v) is 3.25. The van der Waals surface area contributed by atoms with Gasteiger partial charge in [0.25, 0.3) is 0 Å². The van der Waals surface area contributed by atoms with Crippen LogP contribution < -0.4 is 9.80 Å². The summed E-state index contributed by atoms with van der Waals surface area (Å²) in [5.41, 5.74) is 1.76. The molecule has 0 aliphatic carbocycles. The SMILES string of the molecule is Cc1nn(C[NH+]2CCN(c3ccccc3F)CC2)c(C)c1[N+](=O)[O-]. The van der Waals surface area contributed by atoms with Gasteiger partial charge in [0.05, 0.1) is 36.8 Å². The Bertz CT molecular complexity index is 753. The minimum atomic E-state index is -0.375.